The second-order valence-corrected chi connectivity index (χ2v) is 6.04. The van der Waals surface area contributed by atoms with E-state index < -0.39 is 0 Å². The summed E-state index contributed by atoms with van der Waals surface area (Å²) in [6, 6.07) is 22.6. The number of aryl methyl sites for hydroxylation is 1. The van der Waals surface area contributed by atoms with Crippen molar-refractivity contribution in [1.82, 2.24) is 0 Å². The highest BCUT2D eigenvalue weighted by molar-refractivity contribution is 6.07. The van der Waals surface area contributed by atoms with Crippen molar-refractivity contribution < 1.29 is 9.59 Å². The number of nitrogens with zero attached hydrogens (tertiary/aromatic N) is 1. The van der Waals surface area contributed by atoms with Crippen LogP contribution in [0.15, 0.2) is 72.8 Å². The van der Waals surface area contributed by atoms with E-state index in [2.05, 4.69) is 10.6 Å². The molecule has 27 heavy (non-hydrogen) atoms. The van der Waals surface area contributed by atoms with Gasteiger partial charge in [-0.1, -0.05) is 23.8 Å². The molecule has 3 aromatic carbocycles. The fraction of sp³-hybridized carbons (Fsp3) is 0.0455. The van der Waals surface area contributed by atoms with Gasteiger partial charge in [0.25, 0.3) is 11.8 Å². The number of hydrogen-bond donors (Lipinski definition) is 2. The van der Waals surface area contributed by atoms with Crippen LogP contribution < -0.4 is 10.6 Å². The van der Waals surface area contributed by atoms with Gasteiger partial charge in [-0.05, 0) is 61.5 Å². The number of carbonyl (C=O) groups is 2. The number of nitrogens with one attached hydrogen (secondary N) is 2. The van der Waals surface area contributed by atoms with E-state index >= 15 is 0 Å². The molecule has 0 radical (unpaired) electrons. The zero-order valence-electron chi connectivity index (χ0n) is 14.7. The van der Waals surface area contributed by atoms with Gasteiger partial charge in [0.2, 0.25) is 0 Å². The van der Waals surface area contributed by atoms with E-state index in [0.29, 0.717) is 28.1 Å². The first-order valence-corrected chi connectivity index (χ1v) is 8.35. The molecular weight excluding hydrogens is 338 g/mol. The second-order valence-electron chi connectivity index (χ2n) is 6.04. The lowest BCUT2D eigenvalue weighted by Crippen LogP contribution is -2.14. The number of anilines is 2. The minimum atomic E-state index is -0.310. The van der Waals surface area contributed by atoms with Gasteiger partial charge < -0.3 is 10.6 Å². The molecule has 0 bridgehead atoms. The van der Waals surface area contributed by atoms with Gasteiger partial charge in [0, 0.05) is 22.5 Å². The minimum absolute atomic E-state index is 0.243. The van der Waals surface area contributed by atoms with Gasteiger partial charge in [-0.2, -0.15) is 5.26 Å². The van der Waals surface area contributed by atoms with Crippen molar-refractivity contribution in [2.45, 2.75) is 6.92 Å². The molecule has 132 valence electrons. The number of rotatable bonds is 4. The standard InChI is InChI=1S/C22H17N3O2/c1-15-5-11-19(12-6-15)24-21(26)17-7-9-18(10-8-17)22(27)25-20-4-2-3-16(13-20)14-23/h2-13H,1H3,(H,24,26)(H,25,27). The third kappa shape index (κ3) is 4.59. The third-order valence-electron chi connectivity index (χ3n) is 3.97. The predicted octanol–water partition coefficient (Wildman–Crippen LogP) is 4.37. The van der Waals surface area contributed by atoms with Gasteiger partial charge in [0.15, 0.2) is 0 Å². The number of benzene rings is 3. The highest BCUT2D eigenvalue weighted by Crippen LogP contribution is 2.14. The fourth-order valence-corrected chi connectivity index (χ4v) is 2.48. The molecule has 0 aromatic heterocycles. The minimum Gasteiger partial charge on any atom is -0.322 e. The van der Waals surface area contributed by atoms with E-state index in [-0.39, 0.29) is 11.8 Å². The molecular formula is C22H17N3O2. The van der Waals surface area contributed by atoms with Crippen molar-refractivity contribution in [1.29, 1.82) is 5.26 Å². The van der Waals surface area contributed by atoms with Crippen LogP contribution in [0.4, 0.5) is 11.4 Å². The molecule has 0 spiro atoms. The first kappa shape index (κ1) is 17.9. The van der Waals surface area contributed by atoms with Crippen LogP contribution in [0.2, 0.25) is 0 Å². The quantitative estimate of drug-likeness (QED) is 0.729. The maximum atomic E-state index is 12.3. The number of hydrogen-bond acceptors (Lipinski definition) is 3. The lowest BCUT2D eigenvalue weighted by Gasteiger charge is -2.08. The van der Waals surface area contributed by atoms with Crippen LogP contribution in [0.25, 0.3) is 0 Å². The number of carbonyl (C=O) groups excluding carboxylic acids is 2. The third-order valence-corrected chi connectivity index (χ3v) is 3.97. The van der Waals surface area contributed by atoms with Crippen LogP contribution in [-0.2, 0) is 0 Å². The SMILES string of the molecule is Cc1ccc(NC(=O)c2ccc(C(=O)Nc3cccc(C#N)c3)cc2)cc1. The van der Waals surface area contributed by atoms with E-state index in [9.17, 15) is 9.59 Å². The molecule has 2 N–H and O–H groups in total. The van der Waals surface area contributed by atoms with Gasteiger partial charge in [-0.3, -0.25) is 9.59 Å². The summed E-state index contributed by atoms with van der Waals surface area (Å²) in [4.78, 5) is 24.6. The Labute approximate surface area is 157 Å². The summed E-state index contributed by atoms with van der Waals surface area (Å²) in [5.74, 6) is -0.553. The Balaban J connectivity index is 1.67. The predicted molar refractivity (Wildman–Crippen MR) is 105 cm³/mol. The molecule has 3 rings (SSSR count). The normalized spacial score (nSPS) is 9.93. The van der Waals surface area contributed by atoms with Crippen LogP contribution in [-0.4, -0.2) is 11.8 Å². The molecule has 2 amide bonds. The molecule has 0 unspecified atom stereocenters. The lowest BCUT2D eigenvalue weighted by molar-refractivity contribution is 0.101. The van der Waals surface area contributed by atoms with E-state index in [1.165, 1.54) is 0 Å². The van der Waals surface area contributed by atoms with Crippen LogP contribution >= 0.6 is 0 Å². The largest absolute Gasteiger partial charge is 0.322 e. The summed E-state index contributed by atoms with van der Waals surface area (Å²) < 4.78 is 0. The van der Waals surface area contributed by atoms with E-state index in [4.69, 9.17) is 5.26 Å². The highest BCUT2D eigenvalue weighted by Gasteiger charge is 2.10. The smallest absolute Gasteiger partial charge is 0.255 e. The van der Waals surface area contributed by atoms with E-state index in [1.807, 2.05) is 37.3 Å². The Morgan fingerprint density at radius 2 is 1.33 bits per heavy atom. The summed E-state index contributed by atoms with van der Waals surface area (Å²) in [6.07, 6.45) is 0. The topological polar surface area (TPSA) is 82.0 Å². The average molecular weight is 355 g/mol. The first-order valence-electron chi connectivity index (χ1n) is 8.35. The molecule has 5 heteroatoms. The molecule has 0 saturated carbocycles. The van der Waals surface area contributed by atoms with Gasteiger partial charge in [0.1, 0.15) is 0 Å². The molecule has 0 atom stereocenters. The molecule has 0 saturated heterocycles. The molecule has 0 fully saturated rings. The zero-order valence-corrected chi connectivity index (χ0v) is 14.7. The second kappa shape index (κ2) is 7.98. The molecule has 0 aliphatic carbocycles. The van der Waals surface area contributed by atoms with Crippen molar-refractivity contribution in [3.05, 3.63) is 95.1 Å². The van der Waals surface area contributed by atoms with Crippen LogP contribution in [0.5, 0.6) is 0 Å². The molecule has 0 heterocycles. The van der Waals surface area contributed by atoms with Crippen molar-refractivity contribution in [3.63, 3.8) is 0 Å². The fourth-order valence-electron chi connectivity index (χ4n) is 2.48. The Kier molecular flexibility index (Phi) is 5.29. The van der Waals surface area contributed by atoms with Gasteiger partial charge in [-0.15, -0.1) is 0 Å². The van der Waals surface area contributed by atoms with Crippen molar-refractivity contribution in [2.24, 2.45) is 0 Å². The summed E-state index contributed by atoms with van der Waals surface area (Å²) in [5, 5.41) is 14.5. The van der Waals surface area contributed by atoms with Crippen LogP contribution in [0.3, 0.4) is 0 Å². The van der Waals surface area contributed by atoms with Crippen LogP contribution in [0, 0.1) is 18.3 Å². The first-order chi connectivity index (χ1) is 13.0. The summed E-state index contributed by atoms with van der Waals surface area (Å²) in [5.41, 5.74) is 3.72. The number of nitriles is 1. The Morgan fingerprint density at radius 1 is 0.778 bits per heavy atom. The maximum Gasteiger partial charge on any atom is 0.255 e. The lowest BCUT2D eigenvalue weighted by atomic mass is 10.1. The zero-order chi connectivity index (χ0) is 19.2. The Bertz CT molecular complexity index is 1020. The molecule has 0 aliphatic rings. The summed E-state index contributed by atoms with van der Waals surface area (Å²) >= 11 is 0. The maximum absolute atomic E-state index is 12.3. The molecule has 3 aromatic rings. The Hall–Kier alpha value is -3.91. The average Bonchev–Trinajstić information content (AvgIpc) is 2.70. The van der Waals surface area contributed by atoms with Crippen LogP contribution in [0.1, 0.15) is 31.8 Å². The van der Waals surface area contributed by atoms with Crippen molar-refractivity contribution in [2.75, 3.05) is 10.6 Å². The van der Waals surface area contributed by atoms with Gasteiger partial charge >= 0.3 is 0 Å². The highest BCUT2D eigenvalue weighted by atomic mass is 16.2. The summed E-state index contributed by atoms with van der Waals surface area (Å²) in [7, 11) is 0. The van der Waals surface area contributed by atoms with Gasteiger partial charge in [-0.25, -0.2) is 0 Å². The Morgan fingerprint density at radius 3 is 1.89 bits per heavy atom. The van der Waals surface area contributed by atoms with Crippen molar-refractivity contribution in [3.8, 4) is 6.07 Å². The summed E-state index contributed by atoms with van der Waals surface area (Å²) in [6.45, 7) is 1.98. The van der Waals surface area contributed by atoms with E-state index in [1.54, 1.807) is 48.5 Å². The monoisotopic (exact) mass is 355 g/mol. The molecule has 5 nitrogen and oxygen atoms in total. The van der Waals surface area contributed by atoms with E-state index in [0.717, 1.165) is 5.56 Å². The van der Waals surface area contributed by atoms with Gasteiger partial charge in [0.05, 0.1) is 11.6 Å². The van der Waals surface area contributed by atoms with Crippen molar-refractivity contribution >= 4 is 23.2 Å². The number of amides is 2. The molecule has 0 aliphatic heterocycles.